The molecule has 0 spiro atoms. The number of hydrogen-bond acceptors (Lipinski definition) is 4. The number of anilines is 1. The minimum absolute atomic E-state index is 0.788. The first-order valence-electron chi connectivity index (χ1n) is 7.23. The van der Waals surface area contributed by atoms with Crippen molar-refractivity contribution >= 4 is 5.69 Å². The van der Waals surface area contributed by atoms with E-state index < -0.39 is 0 Å². The number of hydrazine groups is 1. The Morgan fingerprint density at radius 2 is 1.47 bits per heavy atom. The third-order valence-electron chi connectivity index (χ3n) is 3.52. The molecule has 1 aromatic carbocycles. The zero-order valence-corrected chi connectivity index (χ0v) is 11.6. The van der Waals surface area contributed by atoms with Gasteiger partial charge in [-0.05, 0) is 31.4 Å². The number of nitrogens with zero attached hydrogens (tertiary/aromatic N) is 2. The first-order chi connectivity index (χ1) is 9.36. The molecular formula is C15H25N3O. The van der Waals surface area contributed by atoms with E-state index in [2.05, 4.69) is 35.2 Å². The molecule has 0 unspecified atom stereocenters. The lowest BCUT2D eigenvalue weighted by atomic mass is 10.1. The van der Waals surface area contributed by atoms with Crippen LogP contribution in [0.15, 0.2) is 30.3 Å². The van der Waals surface area contributed by atoms with E-state index in [-0.39, 0.29) is 0 Å². The first-order valence-corrected chi connectivity index (χ1v) is 7.23. The average molecular weight is 263 g/mol. The van der Waals surface area contributed by atoms with E-state index in [9.17, 15) is 0 Å². The van der Waals surface area contributed by atoms with Gasteiger partial charge in [-0.3, -0.25) is 5.84 Å². The van der Waals surface area contributed by atoms with Crippen molar-refractivity contribution in [2.75, 3.05) is 44.3 Å². The maximum Gasteiger partial charge on any atom is 0.0608 e. The third-order valence-corrected chi connectivity index (χ3v) is 3.52. The Bertz CT molecular complexity index is 333. The lowest BCUT2D eigenvalue weighted by Crippen LogP contribution is -2.41. The van der Waals surface area contributed by atoms with Crippen LogP contribution < -0.4 is 10.7 Å². The molecule has 0 atom stereocenters. The highest BCUT2D eigenvalue weighted by Crippen LogP contribution is 2.18. The molecule has 0 saturated carbocycles. The highest BCUT2D eigenvalue weighted by atomic mass is 16.5. The number of rotatable bonds is 1. The van der Waals surface area contributed by atoms with Crippen LogP contribution >= 0.6 is 0 Å². The summed E-state index contributed by atoms with van der Waals surface area (Å²) >= 11 is 0. The van der Waals surface area contributed by atoms with E-state index in [4.69, 9.17) is 10.6 Å². The largest absolute Gasteiger partial charge is 0.379 e. The van der Waals surface area contributed by atoms with Gasteiger partial charge in [-0.25, -0.2) is 5.01 Å². The predicted octanol–water partition coefficient (Wildman–Crippen LogP) is 1.87. The highest BCUT2D eigenvalue weighted by Gasteiger charge is 2.09. The van der Waals surface area contributed by atoms with Gasteiger partial charge in [0.15, 0.2) is 0 Å². The molecule has 1 aromatic rings. The molecule has 0 bridgehead atoms. The van der Waals surface area contributed by atoms with Crippen molar-refractivity contribution in [2.24, 2.45) is 5.84 Å². The number of hydrogen-bond donors (Lipinski definition) is 1. The van der Waals surface area contributed by atoms with Gasteiger partial charge in [0.1, 0.15) is 0 Å². The normalized spacial score (nSPS) is 20.6. The molecule has 0 aliphatic carbocycles. The Hall–Kier alpha value is -1.10. The molecular weight excluding hydrogens is 238 g/mol. The van der Waals surface area contributed by atoms with Crippen LogP contribution in [0.25, 0.3) is 0 Å². The zero-order chi connectivity index (χ0) is 13.3. The highest BCUT2D eigenvalue weighted by molar-refractivity contribution is 5.46. The molecule has 2 fully saturated rings. The molecule has 0 aromatic heterocycles. The van der Waals surface area contributed by atoms with Crippen LogP contribution in [0.3, 0.4) is 0 Å². The maximum absolute atomic E-state index is 5.39. The minimum atomic E-state index is 0.788. The molecule has 2 aliphatic rings. The number of benzene rings is 1. The molecule has 0 amide bonds. The van der Waals surface area contributed by atoms with Crippen molar-refractivity contribution in [2.45, 2.75) is 19.3 Å². The summed E-state index contributed by atoms with van der Waals surface area (Å²) in [5.74, 6) is 5.39. The van der Waals surface area contributed by atoms with Gasteiger partial charge in [-0.2, -0.15) is 0 Å². The SMILES string of the molecule is NN1CCOCC1.c1ccc(N2CCCCC2)cc1. The Labute approximate surface area is 116 Å². The van der Waals surface area contributed by atoms with Crippen molar-refractivity contribution < 1.29 is 4.74 Å². The second-order valence-electron chi connectivity index (χ2n) is 5.03. The van der Waals surface area contributed by atoms with Crippen LogP contribution in [0.1, 0.15) is 19.3 Å². The molecule has 4 nitrogen and oxygen atoms in total. The Morgan fingerprint density at radius 3 is 2.00 bits per heavy atom. The van der Waals surface area contributed by atoms with Crippen molar-refractivity contribution in [1.29, 1.82) is 0 Å². The number of ether oxygens (including phenoxy) is 1. The fraction of sp³-hybridized carbons (Fsp3) is 0.600. The van der Waals surface area contributed by atoms with Crippen LogP contribution in [0, 0.1) is 0 Å². The number of morpholine rings is 1. The second-order valence-corrected chi connectivity index (χ2v) is 5.03. The van der Waals surface area contributed by atoms with Gasteiger partial charge in [0, 0.05) is 31.9 Å². The van der Waals surface area contributed by atoms with Crippen molar-refractivity contribution in [3.63, 3.8) is 0 Å². The Morgan fingerprint density at radius 1 is 0.842 bits per heavy atom. The average Bonchev–Trinajstić information content (AvgIpc) is 2.51. The molecule has 19 heavy (non-hydrogen) atoms. The molecule has 106 valence electrons. The Balaban J connectivity index is 0.000000163. The van der Waals surface area contributed by atoms with E-state index in [0.717, 1.165) is 26.3 Å². The van der Waals surface area contributed by atoms with Crippen LogP contribution in [0.5, 0.6) is 0 Å². The van der Waals surface area contributed by atoms with E-state index in [1.54, 1.807) is 5.01 Å². The molecule has 4 heteroatoms. The first kappa shape index (κ1) is 14.3. The van der Waals surface area contributed by atoms with Gasteiger partial charge in [0.2, 0.25) is 0 Å². The van der Waals surface area contributed by atoms with Crippen molar-refractivity contribution in [1.82, 2.24) is 5.01 Å². The molecule has 2 saturated heterocycles. The van der Waals surface area contributed by atoms with Gasteiger partial charge < -0.3 is 9.64 Å². The smallest absolute Gasteiger partial charge is 0.0608 e. The maximum atomic E-state index is 5.39. The summed E-state index contributed by atoms with van der Waals surface area (Å²) in [6.07, 6.45) is 4.12. The molecule has 2 aliphatic heterocycles. The van der Waals surface area contributed by atoms with Crippen LogP contribution in [-0.4, -0.2) is 44.4 Å². The summed E-state index contributed by atoms with van der Waals surface area (Å²) in [7, 11) is 0. The van der Waals surface area contributed by atoms with Crippen LogP contribution in [0.2, 0.25) is 0 Å². The fourth-order valence-corrected chi connectivity index (χ4v) is 2.37. The quantitative estimate of drug-likeness (QED) is 0.785. The van der Waals surface area contributed by atoms with E-state index >= 15 is 0 Å². The molecule has 3 rings (SSSR count). The van der Waals surface area contributed by atoms with Gasteiger partial charge in [0.05, 0.1) is 13.2 Å². The number of piperidine rings is 1. The Kier molecular flexibility index (Phi) is 6.14. The van der Waals surface area contributed by atoms with E-state index in [0.29, 0.717) is 0 Å². The summed E-state index contributed by atoms with van der Waals surface area (Å²) in [5, 5.41) is 1.77. The fourth-order valence-electron chi connectivity index (χ4n) is 2.37. The summed E-state index contributed by atoms with van der Waals surface area (Å²) in [6, 6.07) is 10.7. The number of nitrogens with two attached hydrogens (primary N) is 1. The lowest BCUT2D eigenvalue weighted by Gasteiger charge is -2.28. The van der Waals surface area contributed by atoms with Gasteiger partial charge in [-0.15, -0.1) is 0 Å². The minimum Gasteiger partial charge on any atom is -0.379 e. The lowest BCUT2D eigenvalue weighted by molar-refractivity contribution is 0.0378. The van der Waals surface area contributed by atoms with E-state index in [1.807, 2.05) is 0 Å². The van der Waals surface area contributed by atoms with Crippen molar-refractivity contribution in [3.05, 3.63) is 30.3 Å². The summed E-state index contributed by atoms with van der Waals surface area (Å²) in [4.78, 5) is 2.48. The number of para-hydroxylation sites is 1. The molecule has 2 N–H and O–H groups in total. The van der Waals surface area contributed by atoms with Crippen molar-refractivity contribution in [3.8, 4) is 0 Å². The summed E-state index contributed by atoms with van der Waals surface area (Å²) < 4.78 is 5.02. The summed E-state index contributed by atoms with van der Waals surface area (Å²) in [5.41, 5.74) is 1.39. The van der Waals surface area contributed by atoms with Gasteiger partial charge in [0.25, 0.3) is 0 Å². The van der Waals surface area contributed by atoms with Crippen LogP contribution in [-0.2, 0) is 4.74 Å². The zero-order valence-electron chi connectivity index (χ0n) is 11.6. The van der Waals surface area contributed by atoms with Gasteiger partial charge >= 0.3 is 0 Å². The topological polar surface area (TPSA) is 41.7 Å². The monoisotopic (exact) mass is 263 g/mol. The second kappa shape index (κ2) is 8.15. The van der Waals surface area contributed by atoms with E-state index in [1.165, 1.54) is 38.0 Å². The van der Waals surface area contributed by atoms with Crippen LogP contribution in [0.4, 0.5) is 5.69 Å². The molecule has 2 heterocycles. The third kappa shape index (κ3) is 5.19. The standard InChI is InChI=1S/C11H15N.C4H10N2O/c1-3-7-11(8-4-1)12-9-5-2-6-10-12;5-6-1-3-7-4-2-6/h1,3-4,7-8H,2,5-6,9-10H2;1-5H2. The molecule has 0 radical (unpaired) electrons. The summed E-state index contributed by atoms with van der Waals surface area (Å²) in [6.45, 7) is 5.81. The van der Waals surface area contributed by atoms with Gasteiger partial charge in [-0.1, -0.05) is 18.2 Å². The predicted molar refractivity (Wildman–Crippen MR) is 79.1 cm³/mol.